The Kier molecular flexibility index (Phi) is 5.78. The molecular weight excluding hydrogens is 340 g/mol. The number of thioether (sulfide) groups is 1. The van der Waals surface area contributed by atoms with Gasteiger partial charge in [-0.25, -0.2) is 0 Å². The van der Waals surface area contributed by atoms with Crippen LogP contribution in [0.15, 0.2) is 52.0 Å². The highest BCUT2D eigenvalue weighted by molar-refractivity contribution is 8.00. The molecule has 0 N–H and O–H groups in total. The van der Waals surface area contributed by atoms with Crippen LogP contribution in [0.1, 0.15) is 5.76 Å². The molecule has 0 bridgehead atoms. The normalized spacial score (nSPS) is 13.6. The minimum atomic E-state index is -0.136. The summed E-state index contributed by atoms with van der Waals surface area (Å²) in [7, 11) is 1.59. The zero-order valence-corrected chi connectivity index (χ0v) is 14.8. The van der Waals surface area contributed by atoms with E-state index in [2.05, 4.69) is 0 Å². The number of fused-ring (bicyclic) bond motifs is 1. The molecule has 2 aromatic rings. The number of furan rings is 1. The van der Waals surface area contributed by atoms with Crippen LogP contribution >= 0.6 is 11.8 Å². The van der Waals surface area contributed by atoms with Crippen LogP contribution in [0.5, 0.6) is 0 Å². The summed E-state index contributed by atoms with van der Waals surface area (Å²) in [6.45, 7) is 1.23. The highest BCUT2D eigenvalue weighted by Gasteiger charge is 2.28. The predicted molar refractivity (Wildman–Crippen MR) is 95.5 cm³/mol. The largest absolute Gasteiger partial charge is 0.467 e. The van der Waals surface area contributed by atoms with Gasteiger partial charge in [0.05, 0.1) is 30.9 Å². The summed E-state index contributed by atoms with van der Waals surface area (Å²) in [5, 5.41) is 0. The van der Waals surface area contributed by atoms with Crippen molar-refractivity contribution in [3.05, 3.63) is 48.4 Å². The minimum Gasteiger partial charge on any atom is -0.467 e. The molecule has 0 saturated carbocycles. The predicted octanol–water partition coefficient (Wildman–Crippen LogP) is 2.39. The van der Waals surface area contributed by atoms with Gasteiger partial charge in [0.25, 0.3) is 0 Å². The molecule has 2 amide bonds. The monoisotopic (exact) mass is 360 g/mol. The Labute approximate surface area is 150 Å². The lowest BCUT2D eigenvalue weighted by Crippen LogP contribution is -2.45. The van der Waals surface area contributed by atoms with E-state index >= 15 is 0 Å². The van der Waals surface area contributed by atoms with Gasteiger partial charge in [0.15, 0.2) is 0 Å². The van der Waals surface area contributed by atoms with Gasteiger partial charge in [-0.3, -0.25) is 9.59 Å². The second-order valence-electron chi connectivity index (χ2n) is 5.62. The Hall–Kier alpha value is -2.25. The molecule has 7 heteroatoms. The average molecular weight is 360 g/mol. The van der Waals surface area contributed by atoms with Crippen molar-refractivity contribution in [1.82, 2.24) is 4.90 Å². The van der Waals surface area contributed by atoms with Crippen LogP contribution in [0.3, 0.4) is 0 Å². The second-order valence-corrected chi connectivity index (χ2v) is 6.64. The average Bonchev–Trinajstić information content (AvgIpc) is 3.14. The lowest BCUT2D eigenvalue weighted by atomic mass is 10.2. The molecule has 0 unspecified atom stereocenters. The molecule has 0 spiro atoms. The quantitative estimate of drug-likeness (QED) is 0.759. The van der Waals surface area contributed by atoms with Crippen molar-refractivity contribution in [2.75, 3.05) is 37.5 Å². The maximum Gasteiger partial charge on any atom is 0.243 e. The summed E-state index contributed by atoms with van der Waals surface area (Å²) in [5.74, 6) is 0.858. The van der Waals surface area contributed by atoms with Crippen molar-refractivity contribution in [2.45, 2.75) is 11.4 Å². The molecule has 0 aliphatic carbocycles. The number of anilines is 1. The first kappa shape index (κ1) is 17.6. The summed E-state index contributed by atoms with van der Waals surface area (Å²) in [5.41, 5.74) is 0.793. The first-order valence-corrected chi connectivity index (χ1v) is 8.99. The topological polar surface area (TPSA) is 63.0 Å². The molecule has 0 saturated heterocycles. The first-order chi connectivity index (χ1) is 12.2. The number of hydrogen-bond donors (Lipinski definition) is 0. The molecule has 1 aliphatic heterocycles. The van der Waals surface area contributed by atoms with Crippen molar-refractivity contribution in [3.63, 3.8) is 0 Å². The highest BCUT2D eigenvalue weighted by atomic mass is 32.2. The molecule has 6 nitrogen and oxygen atoms in total. The standard InChI is InChI=1S/C18H20N2O4S/c1-23-10-8-19(11-14-5-4-9-24-14)17(21)12-20-15-6-2-3-7-16(15)25-13-18(20)22/h2-7,9H,8,10-13H2,1H3. The number of rotatable bonds is 7. The van der Waals surface area contributed by atoms with Gasteiger partial charge in [0.2, 0.25) is 11.8 Å². The van der Waals surface area contributed by atoms with Gasteiger partial charge >= 0.3 is 0 Å². The van der Waals surface area contributed by atoms with Crippen molar-refractivity contribution in [1.29, 1.82) is 0 Å². The van der Waals surface area contributed by atoms with Gasteiger partial charge in [-0.1, -0.05) is 12.1 Å². The van der Waals surface area contributed by atoms with E-state index in [9.17, 15) is 9.59 Å². The van der Waals surface area contributed by atoms with Crippen LogP contribution in [0, 0.1) is 0 Å². The zero-order chi connectivity index (χ0) is 17.6. The summed E-state index contributed by atoms with van der Waals surface area (Å²) >= 11 is 1.50. The number of carbonyl (C=O) groups excluding carboxylic acids is 2. The number of nitrogens with zero attached hydrogens (tertiary/aromatic N) is 2. The smallest absolute Gasteiger partial charge is 0.243 e. The summed E-state index contributed by atoms with van der Waals surface area (Å²) in [6.07, 6.45) is 1.58. The molecule has 0 atom stereocenters. The minimum absolute atomic E-state index is 0.0147. The van der Waals surface area contributed by atoms with Crippen LogP contribution in [-0.4, -0.2) is 49.3 Å². The number of para-hydroxylation sites is 1. The molecule has 0 radical (unpaired) electrons. The van der Waals surface area contributed by atoms with Gasteiger partial charge in [-0.2, -0.15) is 0 Å². The molecule has 132 valence electrons. The summed E-state index contributed by atoms with van der Waals surface area (Å²) in [4.78, 5) is 29.4. The maximum absolute atomic E-state index is 12.8. The van der Waals surface area contributed by atoms with E-state index < -0.39 is 0 Å². The Bertz CT molecular complexity index is 732. The number of hydrogen-bond acceptors (Lipinski definition) is 5. The van der Waals surface area contributed by atoms with Gasteiger partial charge in [-0.15, -0.1) is 11.8 Å². The number of carbonyl (C=O) groups is 2. The van der Waals surface area contributed by atoms with Crippen molar-refractivity contribution in [2.24, 2.45) is 0 Å². The highest BCUT2D eigenvalue weighted by Crippen LogP contribution is 2.34. The van der Waals surface area contributed by atoms with Crippen LogP contribution in [-0.2, 0) is 20.9 Å². The van der Waals surface area contributed by atoms with Gasteiger partial charge in [-0.05, 0) is 24.3 Å². The van der Waals surface area contributed by atoms with Gasteiger partial charge in [0.1, 0.15) is 12.3 Å². The van der Waals surface area contributed by atoms with E-state index in [1.165, 1.54) is 11.8 Å². The van der Waals surface area contributed by atoms with Crippen LogP contribution in [0.25, 0.3) is 0 Å². The molecule has 1 aromatic carbocycles. The lowest BCUT2D eigenvalue weighted by molar-refractivity contribution is -0.132. The molecule has 25 heavy (non-hydrogen) atoms. The van der Waals surface area contributed by atoms with Gasteiger partial charge < -0.3 is 19.0 Å². The maximum atomic E-state index is 12.8. The lowest BCUT2D eigenvalue weighted by Gasteiger charge is -2.30. The van der Waals surface area contributed by atoms with E-state index in [1.807, 2.05) is 30.3 Å². The van der Waals surface area contributed by atoms with Crippen LogP contribution in [0.2, 0.25) is 0 Å². The molecule has 2 heterocycles. The number of amides is 2. The van der Waals surface area contributed by atoms with E-state index in [-0.39, 0.29) is 18.4 Å². The Balaban J connectivity index is 1.75. The second kappa shape index (κ2) is 8.22. The molecule has 1 aromatic heterocycles. The molecule has 1 aliphatic rings. The van der Waals surface area contributed by atoms with Crippen LogP contribution < -0.4 is 4.90 Å². The van der Waals surface area contributed by atoms with Crippen molar-refractivity contribution < 1.29 is 18.7 Å². The fraction of sp³-hybridized carbons (Fsp3) is 0.333. The van der Waals surface area contributed by atoms with Crippen LogP contribution in [0.4, 0.5) is 5.69 Å². The van der Waals surface area contributed by atoms with E-state index in [1.54, 1.807) is 29.2 Å². The zero-order valence-electron chi connectivity index (χ0n) is 14.0. The fourth-order valence-electron chi connectivity index (χ4n) is 2.65. The third-order valence-corrected chi connectivity index (χ3v) is 4.99. The third-order valence-electron chi connectivity index (χ3n) is 3.95. The first-order valence-electron chi connectivity index (χ1n) is 8.00. The summed E-state index contributed by atoms with van der Waals surface area (Å²) in [6, 6.07) is 11.3. The Morgan fingerprint density at radius 2 is 2.16 bits per heavy atom. The summed E-state index contributed by atoms with van der Waals surface area (Å²) < 4.78 is 10.4. The van der Waals surface area contributed by atoms with E-state index in [4.69, 9.17) is 9.15 Å². The van der Waals surface area contributed by atoms with Gasteiger partial charge in [0, 0.05) is 18.6 Å². The van der Waals surface area contributed by atoms with E-state index in [0.717, 1.165) is 10.6 Å². The number of ether oxygens (including phenoxy) is 1. The van der Waals surface area contributed by atoms with E-state index in [0.29, 0.717) is 31.2 Å². The van der Waals surface area contributed by atoms with Crippen molar-refractivity contribution >= 4 is 29.3 Å². The fourth-order valence-corrected chi connectivity index (χ4v) is 3.58. The Morgan fingerprint density at radius 1 is 1.32 bits per heavy atom. The SMILES string of the molecule is COCCN(Cc1ccco1)C(=O)CN1C(=O)CSc2ccccc21. The Morgan fingerprint density at radius 3 is 2.92 bits per heavy atom. The third kappa shape index (κ3) is 4.24. The molecular formula is C18H20N2O4S. The number of benzene rings is 1. The number of methoxy groups -OCH3 is 1. The molecule has 3 rings (SSSR count). The van der Waals surface area contributed by atoms with Crippen molar-refractivity contribution in [3.8, 4) is 0 Å². The molecule has 0 fully saturated rings.